The molecule has 10 heteroatoms. The van der Waals surface area contributed by atoms with Crippen LogP contribution in [0.3, 0.4) is 0 Å². The molecule has 1 aliphatic rings. The average molecular weight is 504 g/mol. The van der Waals surface area contributed by atoms with Gasteiger partial charge in [0.05, 0.1) is 5.56 Å². The molecular formula is C25H30FN3O5S. The van der Waals surface area contributed by atoms with Crippen LogP contribution in [0.1, 0.15) is 56.0 Å². The normalized spacial score (nSPS) is 15.9. The standard InChI is InChI=1S/C25H30FN3O5S/c1-4-17(3)27-24(31)21(5-2)28(16-18-10-12-19(26)13-11-18)23(30)14-15-29-25(32)20-8-6-7-9-22(20)35(29,33)34/h6-13,17,21H,4-5,14-16H2,1-3H3,(H,27,31)/t17-,21+/m1/s1. The largest absolute Gasteiger partial charge is 0.352 e. The first kappa shape index (κ1) is 26.3. The highest BCUT2D eigenvalue weighted by atomic mass is 32.2. The molecule has 8 nitrogen and oxygen atoms in total. The number of hydrogen-bond acceptors (Lipinski definition) is 5. The lowest BCUT2D eigenvalue weighted by molar-refractivity contribution is -0.141. The van der Waals surface area contributed by atoms with Gasteiger partial charge in [0.15, 0.2) is 0 Å². The number of carbonyl (C=O) groups excluding carboxylic acids is 3. The molecule has 35 heavy (non-hydrogen) atoms. The molecule has 1 N–H and O–H groups in total. The number of rotatable bonds is 10. The molecule has 188 valence electrons. The summed E-state index contributed by atoms with van der Waals surface area (Å²) >= 11 is 0. The number of halogens is 1. The Morgan fingerprint density at radius 2 is 1.71 bits per heavy atom. The van der Waals surface area contributed by atoms with Crippen molar-refractivity contribution in [3.63, 3.8) is 0 Å². The summed E-state index contributed by atoms with van der Waals surface area (Å²) in [6.07, 6.45) is 0.735. The first-order valence-corrected chi connectivity index (χ1v) is 13.0. The van der Waals surface area contributed by atoms with E-state index in [9.17, 15) is 27.2 Å². The van der Waals surface area contributed by atoms with Crippen molar-refractivity contribution >= 4 is 27.7 Å². The van der Waals surface area contributed by atoms with Crippen LogP contribution in [0.4, 0.5) is 4.39 Å². The number of carbonyl (C=O) groups is 3. The van der Waals surface area contributed by atoms with Gasteiger partial charge in [-0.15, -0.1) is 0 Å². The maximum Gasteiger partial charge on any atom is 0.269 e. The number of hydrogen-bond donors (Lipinski definition) is 1. The van der Waals surface area contributed by atoms with Gasteiger partial charge in [0.25, 0.3) is 15.9 Å². The smallest absolute Gasteiger partial charge is 0.269 e. The summed E-state index contributed by atoms with van der Waals surface area (Å²) < 4.78 is 39.8. The molecule has 0 saturated carbocycles. The van der Waals surface area contributed by atoms with Crippen LogP contribution in [0.5, 0.6) is 0 Å². The van der Waals surface area contributed by atoms with Gasteiger partial charge >= 0.3 is 0 Å². The third kappa shape index (κ3) is 5.70. The van der Waals surface area contributed by atoms with E-state index in [0.29, 0.717) is 22.7 Å². The SMILES string of the molecule is CC[C@@H](C)NC(=O)[C@H](CC)N(Cc1ccc(F)cc1)C(=O)CCN1C(=O)c2ccccc2S1(=O)=O. The van der Waals surface area contributed by atoms with Gasteiger partial charge < -0.3 is 10.2 Å². The first-order chi connectivity index (χ1) is 16.6. The van der Waals surface area contributed by atoms with Gasteiger partial charge in [0.2, 0.25) is 11.8 Å². The second kappa shape index (κ2) is 11.0. The van der Waals surface area contributed by atoms with E-state index in [0.717, 1.165) is 0 Å². The van der Waals surface area contributed by atoms with Crippen molar-refractivity contribution in [1.82, 2.24) is 14.5 Å². The minimum atomic E-state index is -4.05. The number of sulfonamides is 1. The molecule has 0 unspecified atom stereocenters. The second-order valence-corrected chi connectivity index (χ2v) is 10.3. The van der Waals surface area contributed by atoms with Gasteiger partial charge in [0, 0.05) is 25.6 Å². The minimum Gasteiger partial charge on any atom is -0.352 e. The molecule has 0 aliphatic carbocycles. The predicted molar refractivity (Wildman–Crippen MR) is 128 cm³/mol. The van der Waals surface area contributed by atoms with E-state index >= 15 is 0 Å². The number of benzene rings is 2. The van der Waals surface area contributed by atoms with Crippen LogP contribution in [-0.2, 0) is 26.2 Å². The van der Waals surface area contributed by atoms with Crippen molar-refractivity contribution in [2.75, 3.05) is 6.54 Å². The lowest BCUT2D eigenvalue weighted by Crippen LogP contribution is -2.51. The van der Waals surface area contributed by atoms with Crippen molar-refractivity contribution in [2.45, 2.75) is 63.6 Å². The molecule has 0 aromatic heterocycles. The molecule has 3 rings (SSSR count). The fourth-order valence-corrected chi connectivity index (χ4v) is 5.51. The Labute approximate surface area is 205 Å². The molecule has 0 spiro atoms. The molecule has 1 aliphatic heterocycles. The van der Waals surface area contributed by atoms with Gasteiger partial charge in [-0.3, -0.25) is 14.4 Å². The topological polar surface area (TPSA) is 104 Å². The number of nitrogens with one attached hydrogen (secondary N) is 1. The molecule has 1 heterocycles. The fourth-order valence-electron chi connectivity index (χ4n) is 3.94. The van der Waals surface area contributed by atoms with Crippen LogP contribution in [0.15, 0.2) is 53.4 Å². The zero-order chi connectivity index (χ0) is 25.8. The van der Waals surface area contributed by atoms with E-state index in [4.69, 9.17) is 0 Å². The second-order valence-electron chi connectivity index (χ2n) is 8.52. The Morgan fingerprint density at radius 3 is 2.31 bits per heavy atom. The molecular weight excluding hydrogens is 473 g/mol. The maximum atomic E-state index is 13.4. The number of nitrogens with zero attached hydrogens (tertiary/aromatic N) is 2. The predicted octanol–water partition coefficient (Wildman–Crippen LogP) is 3.08. The van der Waals surface area contributed by atoms with Gasteiger partial charge in [-0.25, -0.2) is 17.1 Å². The molecule has 2 aromatic rings. The Kier molecular flexibility index (Phi) is 8.26. The van der Waals surface area contributed by atoms with E-state index in [-0.39, 0.29) is 41.9 Å². The Hall–Kier alpha value is -3.27. The van der Waals surface area contributed by atoms with Crippen molar-refractivity contribution in [3.8, 4) is 0 Å². The van der Waals surface area contributed by atoms with E-state index in [1.165, 1.54) is 47.4 Å². The van der Waals surface area contributed by atoms with Gasteiger partial charge in [0.1, 0.15) is 16.8 Å². The molecule has 0 fully saturated rings. The third-order valence-corrected chi connectivity index (χ3v) is 7.93. The highest BCUT2D eigenvalue weighted by Gasteiger charge is 2.41. The lowest BCUT2D eigenvalue weighted by Gasteiger charge is -2.32. The zero-order valence-corrected chi connectivity index (χ0v) is 20.8. The van der Waals surface area contributed by atoms with Crippen LogP contribution in [0, 0.1) is 5.82 Å². The highest BCUT2D eigenvalue weighted by Crippen LogP contribution is 2.30. The van der Waals surface area contributed by atoms with Gasteiger partial charge in [-0.1, -0.05) is 38.1 Å². The highest BCUT2D eigenvalue weighted by molar-refractivity contribution is 7.90. The van der Waals surface area contributed by atoms with Crippen LogP contribution in [-0.4, -0.2) is 54.0 Å². The summed E-state index contributed by atoms with van der Waals surface area (Å²) in [5.74, 6) is -1.92. The van der Waals surface area contributed by atoms with Crippen molar-refractivity contribution in [1.29, 1.82) is 0 Å². The summed E-state index contributed by atoms with van der Waals surface area (Å²) in [6, 6.07) is 10.6. The minimum absolute atomic E-state index is 0.0342. The summed E-state index contributed by atoms with van der Waals surface area (Å²) in [5, 5.41) is 2.89. The van der Waals surface area contributed by atoms with E-state index < -0.39 is 33.7 Å². The van der Waals surface area contributed by atoms with E-state index in [2.05, 4.69) is 5.32 Å². The molecule has 2 aromatic carbocycles. The number of fused-ring (bicyclic) bond motifs is 1. The van der Waals surface area contributed by atoms with Crippen molar-refractivity contribution < 1.29 is 27.2 Å². The average Bonchev–Trinajstić information content (AvgIpc) is 3.03. The first-order valence-electron chi connectivity index (χ1n) is 11.6. The fraction of sp³-hybridized carbons (Fsp3) is 0.400. The van der Waals surface area contributed by atoms with E-state index in [1.807, 2.05) is 13.8 Å². The van der Waals surface area contributed by atoms with Crippen LogP contribution >= 0.6 is 0 Å². The Balaban J connectivity index is 1.82. The molecule has 0 bridgehead atoms. The Morgan fingerprint density at radius 1 is 1.06 bits per heavy atom. The summed E-state index contributed by atoms with van der Waals surface area (Å²) in [4.78, 5) is 40.3. The number of amides is 3. The molecule has 0 radical (unpaired) electrons. The Bertz CT molecular complexity index is 1200. The van der Waals surface area contributed by atoms with Crippen molar-refractivity contribution in [2.24, 2.45) is 0 Å². The van der Waals surface area contributed by atoms with E-state index in [1.54, 1.807) is 13.0 Å². The maximum absolute atomic E-state index is 13.4. The third-order valence-electron chi connectivity index (χ3n) is 6.09. The van der Waals surface area contributed by atoms with Gasteiger partial charge in [-0.05, 0) is 49.6 Å². The summed E-state index contributed by atoms with van der Waals surface area (Å²) in [6.45, 7) is 5.25. The van der Waals surface area contributed by atoms with Crippen LogP contribution in [0.2, 0.25) is 0 Å². The van der Waals surface area contributed by atoms with Crippen molar-refractivity contribution in [3.05, 3.63) is 65.5 Å². The van der Waals surface area contributed by atoms with Gasteiger partial charge in [-0.2, -0.15) is 0 Å². The summed E-state index contributed by atoms with van der Waals surface area (Å²) in [5.41, 5.74) is 0.689. The molecule has 2 atom stereocenters. The molecule has 3 amide bonds. The van der Waals surface area contributed by atoms with Crippen LogP contribution < -0.4 is 5.32 Å². The molecule has 0 saturated heterocycles. The monoisotopic (exact) mass is 503 g/mol. The summed E-state index contributed by atoms with van der Waals surface area (Å²) in [7, 11) is -4.05. The van der Waals surface area contributed by atoms with Crippen LogP contribution in [0.25, 0.3) is 0 Å². The lowest BCUT2D eigenvalue weighted by atomic mass is 10.1. The zero-order valence-electron chi connectivity index (χ0n) is 20.0. The quantitative estimate of drug-likeness (QED) is 0.537.